The van der Waals surface area contributed by atoms with E-state index in [4.69, 9.17) is 28.9 Å². The first-order valence-electron chi connectivity index (χ1n) is 7.52. The summed E-state index contributed by atoms with van der Waals surface area (Å²) in [7, 11) is 0. The lowest BCUT2D eigenvalue weighted by molar-refractivity contribution is -0.118. The molecule has 5 nitrogen and oxygen atoms in total. The van der Waals surface area contributed by atoms with Gasteiger partial charge < -0.3 is 5.73 Å². The highest BCUT2D eigenvalue weighted by molar-refractivity contribution is 6.36. The highest BCUT2D eigenvalue weighted by Crippen LogP contribution is 2.31. The number of rotatable bonds is 5. The van der Waals surface area contributed by atoms with Gasteiger partial charge in [0, 0.05) is 23.6 Å². The van der Waals surface area contributed by atoms with Gasteiger partial charge in [0.15, 0.2) is 0 Å². The van der Waals surface area contributed by atoms with E-state index in [1.807, 2.05) is 23.7 Å². The van der Waals surface area contributed by atoms with Crippen LogP contribution in [0.4, 0.5) is 0 Å². The predicted molar refractivity (Wildman–Crippen MR) is 96.1 cm³/mol. The molecule has 0 saturated carbocycles. The molecule has 1 aromatic carbocycles. The average molecular weight is 363 g/mol. The number of aryl methyl sites for hydroxylation is 2. The van der Waals surface area contributed by atoms with Crippen LogP contribution in [0.2, 0.25) is 10.0 Å². The molecule has 0 aliphatic carbocycles. The highest BCUT2D eigenvalue weighted by atomic mass is 35.5. The summed E-state index contributed by atoms with van der Waals surface area (Å²) in [5.41, 5.74) is 9.56. The third kappa shape index (κ3) is 3.37. The molecule has 2 aromatic heterocycles. The molecule has 0 saturated heterocycles. The number of carbonyl (C=O) groups is 1. The SMILES string of the molecule is Cc1cc(-c2ccc(Cl)cc2Cl)nc2cnn(CCCC(N)=O)c12. The van der Waals surface area contributed by atoms with Gasteiger partial charge >= 0.3 is 0 Å². The van der Waals surface area contributed by atoms with Crippen LogP contribution in [0.25, 0.3) is 22.3 Å². The van der Waals surface area contributed by atoms with Gasteiger partial charge in [0.2, 0.25) is 5.91 Å². The zero-order valence-electron chi connectivity index (χ0n) is 13.1. The van der Waals surface area contributed by atoms with Crippen LogP contribution < -0.4 is 5.73 Å². The minimum atomic E-state index is -0.305. The van der Waals surface area contributed by atoms with Crippen LogP contribution in [0.15, 0.2) is 30.5 Å². The lowest BCUT2D eigenvalue weighted by Crippen LogP contribution is -2.12. The molecule has 1 amide bonds. The molecule has 0 bridgehead atoms. The Balaban J connectivity index is 1.98. The third-order valence-electron chi connectivity index (χ3n) is 3.79. The first-order valence-corrected chi connectivity index (χ1v) is 8.28. The molecule has 2 N–H and O–H groups in total. The summed E-state index contributed by atoms with van der Waals surface area (Å²) in [4.78, 5) is 15.5. The Morgan fingerprint density at radius 2 is 2.08 bits per heavy atom. The van der Waals surface area contributed by atoms with Gasteiger partial charge in [-0.15, -0.1) is 0 Å². The molecule has 0 radical (unpaired) electrons. The van der Waals surface area contributed by atoms with Crippen LogP contribution in [-0.2, 0) is 11.3 Å². The Hall–Kier alpha value is -2.11. The largest absolute Gasteiger partial charge is 0.370 e. The minimum Gasteiger partial charge on any atom is -0.370 e. The second-order valence-corrected chi connectivity index (χ2v) is 6.46. The van der Waals surface area contributed by atoms with Crippen molar-refractivity contribution in [3.8, 4) is 11.3 Å². The zero-order valence-corrected chi connectivity index (χ0v) is 14.6. The van der Waals surface area contributed by atoms with Crippen molar-refractivity contribution >= 4 is 40.1 Å². The molecule has 0 spiro atoms. The van der Waals surface area contributed by atoms with Crippen LogP contribution in [0.1, 0.15) is 18.4 Å². The maximum Gasteiger partial charge on any atom is 0.217 e. The third-order valence-corrected chi connectivity index (χ3v) is 4.34. The molecule has 0 aliphatic rings. The summed E-state index contributed by atoms with van der Waals surface area (Å²) < 4.78 is 1.86. The second kappa shape index (κ2) is 6.79. The highest BCUT2D eigenvalue weighted by Gasteiger charge is 2.12. The number of hydrogen-bond donors (Lipinski definition) is 1. The second-order valence-electron chi connectivity index (χ2n) is 5.62. The van der Waals surface area contributed by atoms with Crippen molar-refractivity contribution in [2.45, 2.75) is 26.3 Å². The number of amides is 1. The maximum absolute atomic E-state index is 10.9. The Kier molecular flexibility index (Phi) is 4.73. The van der Waals surface area contributed by atoms with Gasteiger partial charge in [-0.25, -0.2) is 4.98 Å². The van der Waals surface area contributed by atoms with Gasteiger partial charge in [-0.2, -0.15) is 5.10 Å². The van der Waals surface area contributed by atoms with Gasteiger partial charge in [-0.05, 0) is 43.2 Å². The van der Waals surface area contributed by atoms with Crippen molar-refractivity contribution in [3.63, 3.8) is 0 Å². The molecule has 124 valence electrons. The van der Waals surface area contributed by atoms with E-state index in [1.165, 1.54) is 0 Å². The van der Waals surface area contributed by atoms with E-state index in [-0.39, 0.29) is 5.91 Å². The average Bonchev–Trinajstić information content (AvgIpc) is 2.90. The number of nitrogens with zero attached hydrogens (tertiary/aromatic N) is 3. The van der Waals surface area contributed by atoms with Gasteiger partial charge in [0.05, 0.1) is 22.4 Å². The van der Waals surface area contributed by atoms with E-state index in [0.717, 1.165) is 27.9 Å². The molecule has 3 aromatic rings. The van der Waals surface area contributed by atoms with Gasteiger partial charge in [0.25, 0.3) is 0 Å². The molecule has 0 unspecified atom stereocenters. The predicted octanol–water partition coefficient (Wildman–Crippen LogP) is 3.98. The number of aromatic nitrogens is 3. The Bertz CT molecular complexity index is 920. The minimum absolute atomic E-state index is 0.305. The number of benzene rings is 1. The first-order chi connectivity index (χ1) is 11.5. The summed E-state index contributed by atoms with van der Waals surface area (Å²) in [6.45, 7) is 2.62. The standard InChI is InChI=1S/C17H16Cl2N4O/c1-10-7-14(12-5-4-11(18)8-13(12)19)22-15-9-21-23(17(10)15)6-2-3-16(20)24/h4-5,7-9H,2-3,6H2,1H3,(H2,20,24). The molecule has 7 heteroatoms. The fourth-order valence-corrected chi connectivity index (χ4v) is 3.21. The van der Waals surface area contributed by atoms with E-state index in [0.29, 0.717) is 29.4 Å². The zero-order chi connectivity index (χ0) is 17.3. The van der Waals surface area contributed by atoms with Crippen molar-refractivity contribution in [2.24, 2.45) is 5.73 Å². The number of pyridine rings is 1. The van der Waals surface area contributed by atoms with Gasteiger partial charge in [0.1, 0.15) is 5.52 Å². The lowest BCUT2D eigenvalue weighted by atomic mass is 10.1. The number of fused-ring (bicyclic) bond motifs is 1. The fraction of sp³-hybridized carbons (Fsp3) is 0.235. The maximum atomic E-state index is 10.9. The number of hydrogen-bond acceptors (Lipinski definition) is 3. The lowest BCUT2D eigenvalue weighted by Gasteiger charge is -2.08. The smallest absolute Gasteiger partial charge is 0.217 e. The van der Waals surface area contributed by atoms with Gasteiger partial charge in [-0.1, -0.05) is 23.2 Å². The van der Waals surface area contributed by atoms with E-state index in [1.54, 1.807) is 18.3 Å². The van der Waals surface area contributed by atoms with Crippen LogP contribution in [0, 0.1) is 6.92 Å². The van der Waals surface area contributed by atoms with Crippen LogP contribution >= 0.6 is 23.2 Å². The summed E-state index contributed by atoms with van der Waals surface area (Å²) in [6, 6.07) is 7.32. The molecule has 0 aliphatic heterocycles. The van der Waals surface area contributed by atoms with Crippen LogP contribution in [0.5, 0.6) is 0 Å². The summed E-state index contributed by atoms with van der Waals surface area (Å²) >= 11 is 12.2. The molecule has 2 heterocycles. The summed E-state index contributed by atoms with van der Waals surface area (Å²) in [6.07, 6.45) is 2.71. The van der Waals surface area contributed by atoms with Crippen LogP contribution in [-0.4, -0.2) is 20.7 Å². The van der Waals surface area contributed by atoms with Gasteiger partial charge in [-0.3, -0.25) is 9.48 Å². The van der Waals surface area contributed by atoms with Crippen LogP contribution in [0.3, 0.4) is 0 Å². The van der Waals surface area contributed by atoms with E-state index in [9.17, 15) is 4.79 Å². The summed E-state index contributed by atoms with van der Waals surface area (Å²) in [5.74, 6) is -0.305. The number of nitrogens with two attached hydrogens (primary N) is 1. The number of primary amides is 1. The monoisotopic (exact) mass is 362 g/mol. The van der Waals surface area contributed by atoms with Crippen molar-refractivity contribution in [3.05, 3.63) is 46.1 Å². The topological polar surface area (TPSA) is 73.8 Å². The Morgan fingerprint density at radius 1 is 1.29 bits per heavy atom. The molecule has 0 fully saturated rings. The fourth-order valence-electron chi connectivity index (χ4n) is 2.71. The van der Waals surface area contributed by atoms with E-state index in [2.05, 4.69) is 10.1 Å². The van der Waals surface area contributed by atoms with Crippen molar-refractivity contribution in [1.29, 1.82) is 0 Å². The molecule has 24 heavy (non-hydrogen) atoms. The van der Waals surface area contributed by atoms with Crippen molar-refractivity contribution in [2.75, 3.05) is 0 Å². The Labute approximate surface area is 149 Å². The van der Waals surface area contributed by atoms with E-state index < -0.39 is 0 Å². The molecule has 0 atom stereocenters. The van der Waals surface area contributed by atoms with Crippen molar-refractivity contribution in [1.82, 2.24) is 14.8 Å². The van der Waals surface area contributed by atoms with Crippen molar-refractivity contribution < 1.29 is 4.79 Å². The van der Waals surface area contributed by atoms with E-state index >= 15 is 0 Å². The molecule has 3 rings (SSSR count). The summed E-state index contributed by atoms with van der Waals surface area (Å²) in [5, 5.41) is 5.52. The quantitative estimate of drug-likeness (QED) is 0.745. The number of carbonyl (C=O) groups excluding carboxylic acids is 1. The number of halogens is 2. The first kappa shape index (κ1) is 16.7. The Morgan fingerprint density at radius 3 is 2.79 bits per heavy atom. The molecular formula is C17H16Cl2N4O. The molecular weight excluding hydrogens is 347 g/mol. The normalized spacial score (nSPS) is 11.1.